The molecule has 2 aromatic rings. The van der Waals surface area contributed by atoms with Crippen molar-refractivity contribution in [3.8, 4) is 0 Å². The fraction of sp³-hybridized carbons (Fsp3) is 0. The van der Waals surface area contributed by atoms with E-state index in [1.165, 1.54) is 0 Å². The minimum atomic E-state index is 0.636. The van der Waals surface area contributed by atoms with E-state index >= 15 is 0 Å². The molecule has 1 aliphatic heterocycles. The number of anilines is 2. The number of fused-ring (bicyclic) bond motifs is 2. The Morgan fingerprint density at radius 3 is 1.78 bits per heavy atom. The first kappa shape index (κ1) is 11.0. The monoisotopic (exact) mass is 255 g/mol. The molecular weight excluding hydrogens is 246 g/mol. The SMILES string of the molecule is O=Cc1ccc2c(c1)Nc1cc(C=O)ccc1S2. The Morgan fingerprint density at radius 2 is 1.33 bits per heavy atom. The number of carbonyl (C=O) groups excluding carboxylic acids is 2. The largest absolute Gasteiger partial charge is 0.354 e. The maximum absolute atomic E-state index is 10.8. The molecule has 1 heterocycles. The molecule has 18 heavy (non-hydrogen) atoms. The number of aldehydes is 2. The number of carbonyl (C=O) groups is 2. The number of hydrogen-bond donors (Lipinski definition) is 1. The van der Waals surface area contributed by atoms with Crippen LogP contribution in [-0.4, -0.2) is 12.6 Å². The summed E-state index contributed by atoms with van der Waals surface area (Å²) in [6.07, 6.45) is 1.65. The van der Waals surface area contributed by atoms with Crippen LogP contribution in [-0.2, 0) is 0 Å². The summed E-state index contributed by atoms with van der Waals surface area (Å²) in [5.74, 6) is 0. The van der Waals surface area contributed by atoms with E-state index in [0.717, 1.165) is 33.7 Å². The Hall–Kier alpha value is -2.07. The predicted molar refractivity (Wildman–Crippen MR) is 71.1 cm³/mol. The summed E-state index contributed by atoms with van der Waals surface area (Å²) in [6.45, 7) is 0. The predicted octanol–water partition coefficient (Wildman–Crippen LogP) is 3.52. The average Bonchev–Trinajstić information content (AvgIpc) is 2.43. The van der Waals surface area contributed by atoms with Crippen molar-refractivity contribution in [1.29, 1.82) is 0 Å². The number of nitrogens with one attached hydrogen (secondary N) is 1. The quantitative estimate of drug-likeness (QED) is 0.712. The Balaban J connectivity index is 2.06. The van der Waals surface area contributed by atoms with E-state index in [1.807, 2.05) is 24.3 Å². The molecule has 4 heteroatoms. The van der Waals surface area contributed by atoms with Gasteiger partial charge in [0, 0.05) is 20.9 Å². The molecule has 0 bridgehead atoms. The first-order valence-corrected chi connectivity index (χ1v) is 6.25. The van der Waals surface area contributed by atoms with Gasteiger partial charge in [0.1, 0.15) is 12.6 Å². The van der Waals surface area contributed by atoms with Gasteiger partial charge in [0.05, 0.1) is 11.4 Å². The van der Waals surface area contributed by atoms with Gasteiger partial charge in [0.25, 0.3) is 0 Å². The van der Waals surface area contributed by atoms with Crippen molar-refractivity contribution < 1.29 is 9.59 Å². The molecule has 0 aliphatic carbocycles. The summed E-state index contributed by atoms with van der Waals surface area (Å²) in [6, 6.07) is 11.1. The van der Waals surface area contributed by atoms with E-state index in [9.17, 15) is 9.59 Å². The van der Waals surface area contributed by atoms with Crippen LogP contribution in [0.3, 0.4) is 0 Å². The summed E-state index contributed by atoms with van der Waals surface area (Å²) in [7, 11) is 0. The molecular formula is C14H9NO2S. The zero-order valence-corrected chi connectivity index (χ0v) is 10.2. The molecule has 0 saturated carbocycles. The third-order valence-corrected chi connectivity index (χ3v) is 3.92. The maximum atomic E-state index is 10.8. The Morgan fingerprint density at radius 1 is 0.833 bits per heavy atom. The van der Waals surface area contributed by atoms with E-state index in [-0.39, 0.29) is 0 Å². The molecule has 0 atom stereocenters. The lowest BCUT2D eigenvalue weighted by Crippen LogP contribution is -2.01. The third-order valence-electron chi connectivity index (χ3n) is 2.77. The molecule has 1 aliphatic rings. The van der Waals surface area contributed by atoms with Gasteiger partial charge in [0.15, 0.2) is 0 Å². The van der Waals surface area contributed by atoms with Gasteiger partial charge in [-0.1, -0.05) is 23.9 Å². The van der Waals surface area contributed by atoms with Gasteiger partial charge in [-0.25, -0.2) is 0 Å². The topological polar surface area (TPSA) is 46.2 Å². The highest BCUT2D eigenvalue weighted by Crippen LogP contribution is 2.44. The minimum absolute atomic E-state index is 0.636. The van der Waals surface area contributed by atoms with Crippen LogP contribution in [0.4, 0.5) is 11.4 Å². The number of benzene rings is 2. The fourth-order valence-corrected chi connectivity index (χ4v) is 2.83. The zero-order valence-electron chi connectivity index (χ0n) is 9.34. The van der Waals surface area contributed by atoms with Gasteiger partial charge in [-0.05, 0) is 24.3 Å². The highest BCUT2D eigenvalue weighted by atomic mass is 32.2. The van der Waals surface area contributed by atoms with Gasteiger partial charge in [-0.15, -0.1) is 0 Å². The van der Waals surface area contributed by atoms with Crippen molar-refractivity contribution >= 4 is 35.7 Å². The van der Waals surface area contributed by atoms with Crippen molar-refractivity contribution in [2.24, 2.45) is 0 Å². The van der Waals surface area contributed by atoms with Crippen LogP contribution < -0.4 is 5.32 Å². The first-order valence-electron chi connectivity index (χ1n) is 5.43. The number of hydrogen-bond acceptors (Lipinski definition) is 4. The average molecular weight is 255 g/mol. The van der Waals surface area contributed by atoms with Crippen LogP contribution in [0, 0.1) is 0 Å². The van der Waals surface area contributed by atoms with Crippen molar-refractivity contribution in [2.75, 3.05) is 5.32 Å². The second-order valence-corrected chi connectivity index (χ2v) is 5.06. The highest BCUT2D eigenvalue weighted by Gasteiger charge is 2.16. The fourth-order valence-electron chi connectivity index (χ4n) is 1.88. The van der Waals surface area contributed by atoms with Crippen molar-refractivity contribution in [2.45, 2.75) is 9.79 Å². The van der Waals surface area contributed by atoms with E-state index in [0.29, 0.717) is 11.1 Å². The Labute approximate surface area is 108 Å². The molecule has 0 unspecified atom stereocenters. The van der Waals surface area contributed by atoms with Crippen molar-refractivity contribution in [3.05, 3.63) is 47.5 Å². The van der Waals surface area contributed by atoms with Gasteiger partial charge in [0.2, 0.25) is 0 Å². The highest BCUT2D eigenvalue weighted by molar-refractivity contribution is 7.99. The van der Waals surface area contributed by atoms with E-state index in [2.05, 4.69) is 5.32 Å². The van der Waals surface area contributed by atoms with Gasteiger partial charge < -0.3 is 5.32 Å². The van der Waals surface area contributed by atoms with E-state index in [4.69, 9.17) is 0 Å². The summed E-state index contributed by atoms with van der Waals surface area (Å²) in [5, 5.41) is 3.25. The second-order valence-electron chi connectivity index (χ2n) is 3.97. The lowest BCUT2D eigenvalue weighted by molar-refractivity contribution is 0.111. The van der Waals surface area contributed by atoms with Crippen LogP contribution in [0.2, 0.25) is 0 Å². The summed E-state index contributed by atoms with van der Waals surface area (Å²) < 4.78 is 0. The number of rotatable bonds is 2. The molecule has 3 nitrogen and oxygen atoms in total. The molecule has 0 amide bonds. The van der Waals surface area contributed by atoms with Crippen LogP contribution in [0.25, 0.3) is 0 Å². The molecule has 2 aromatic carbocycles. The maximum Gasteiger partial charge on any atom is 0.150 e. The Bertz CT molecular complexity index is 597. The normalized spacial score (nSPS) is 12.0. The summed E-state index contributed by atoms with van der Waals surface area (Å²) in [4.78, 5) is 23.7. The molecule has 0 fully saturated rings. The molecule has 0 aromatic heterocycles. The lowest BCUT2D eigenvalue weighted by atomic mass is 10.1. The molecule has 0 saturated heterocycles. The first-order chi connectivity index (χ1) is 8.80. The third kappa shape index (κ3) is 1.80. The van der Waals surface area contributed by atoms with Crippen LogP contribution in [0.15, 0.2) is 46.2 Å². The molecule has 0 spiro atoms. The van der Waals surface area contributed by atoms with Crippen LogP contribution in [0.5, 0.6) is 0 Å². The van der Waals surface area contributed by atoms with Crippen molar-refractivity contribution in [3.63, 3.8) is 0 Å². The van der Waals surface area contributed by atoms with Crippen LogP contribution in [0.1, 0.15) is 20.7 Å². The second kappa shape index (κ2) is 4.31. The van der Waals surface area contributed by atoms with Crippen molar-refractivity contribution in [1.82, 2.24) is 0 Å². The molecule has 3 rings (SSSR count). The van der Waals surface area contributed by atoms with E-state index < -0.39 is 0 Å². The molecule has 0 radical (unpaired) electrons. The van der Waals surface area contributed by atoms with E-state index in [1.54, 1.807) is 23.9 Å². The zero-order chi connectivity index (χ0) is 12.5. The van der Waals surface area contributed by atoms with Gasteiger partial charge in [-0.2, -0.15) is 0 Å². The van der Waals surface area contributed by atoms with Gasteiger partial charge >= 0.3 is 0 Å². The molecule has 1 N–H and O–H groups in total. The standard InChI is InChI=1S/C14H9NO2S/c16-7-9-1-3-13-11(5-9)15-12-6-10(8-17)2-4-14(12)18-13/h1-8,15H. The summed E-state index contributed by atoms with van der Waals surface area (Å²) >= 11 is 1.63. The van der Waals surface area contributed by atoms with Crippen LogP contribution >= 0.6 is 11.8 Å². The Kier molecular flexibility index (Phi) is 2.64. The lowest BCUT2D eigenvalue weighted by Gasteiger charge is -2.21. The smallest absolute Gasteiger partial charge is 0.150 e. The van der Waals surface area contributed by atoms with Gasteiger partial charge in [-0.3, -0.25) is 9.59 Å². The molecule has 88 valence electrons. The minimum Gasteiger partial charge on any atom is -0.354 e. The summed E-state index contributed by atoms with van der Waals surface area (Å²) in [5.41, 5.74) is 3.08.